The first-order valence-electron chi connectivity index (χ1n) is 9.32. The standard InChI is InChI=1S/C20H27N3O3/c1-19(2,3)26-18(24)23-15-7-8-16(23)11-20(25,10-15)14-6-5-13-12-22(4)21-17(13)9-14/h5-6,9,12,15-16,25H,7-8,10-11H2,1-4H3. The Hall–Kier alpha value is -2.08. The molecule has 1 aromatic carbocycles. The van der Waals surface area contributed by atoms with Gasteiger partial charge in [-0.05, 0) is 45.2 Å². The van der Waals surface area contributed by atoms with Crippen LogP contribution in [0.2, 0.25) is 0 Å². The van der Waals surface area contributed by atoms with E-state index in [1.807, 2.05) is 57.1 Å². The van der Waals surface area contributed by atoms with Gasteiger partial charge < -0.3 is 14.7 Å². The first-order chi connectivity index (χ1) is 12.1. The van der Waals surface area contributed by atoms with Crippen LogP contribution < -0.4 is 0 Å². The first kappa shape index (κ1) is 17.3. The van der Waals surface area contributed by atoms with Crippen LogP contribution in [-0.2, 0) is 17.4 Å². The molecule has 26 heavy (non-hydrogen) atoms. The van der Waals surface area contributed by atoms with Gasteiger partial charge in [0, 0.05) is 43.6 Å². The number of carbonyl (C=O) groups excluding carboxylic acids is 1. The zero-order chi connectivity index (χ0) is 18.7. The van der Waals surface area contributed by atoms with Crippen molar-refractivity contribution in [3.05, 3.63) is 30.0 Å². The largest absolute Gasteiger partial charge is 0.444 e. The minimum absolute atomic E-state index is 0.0213. The van der Waals surface area contributed by atoms with E-state index in [1.54, 1.807) is 4.68 Å². The molecule has 2 bridgehead atoms. The third-order valence-electron chi connectivity index (χ3n) is 5.53. The Kier molecular flexibility index (Phi) is 3.81. The monoisotopic (exact) mass is 357 g/mol. The van der Waals surface area contributed by atoms with Crippen molar-refractivity contribution in [3.8, 4) is 0 Å². The van der Waals surface area contributed by atoms with E-state index >= 15 is 0 Å². The average Bonchev–Trinajstić information content (AvgIpc) is 3.02. The lowest BCUT2D eigenvalue weighted by atomic mass is 9.80. The third kappa shape index (κ3) is 2.96. The Morgan fingerprint density at radius 3 is 2.54 bits per heavy atom. The zero-order valence-corrected chi connectivity index (χ0v) is 15.9. The summed E-state index contributed by atoms with van der Waals surface area (Å²) in [4.78, 5) is 14.5. The van der Waals surface area contributed by atoms with Crippen molar-refractivity contribution < 1.29 is 14.6 Å². The van der Waals surface area contributed by atoms with Crippen molar-refractivity contribution in [2.45, 2.75) is 69.7 Å². The van der Waals surface area contributed by atoms with Crippen LogP contribution in [0.5, 0.6) is 0 Å². The fourth-order valence-electron chi connectivity index (χ4n) is 4.50. The van der Waals surface area contributed by atoms with E-state index in [9.17, 15) is 9.90 Å². The molecular weight excluding hydrogens is 330 g/mol. The number of hydrogen-bond donors (Lipinski definition) is 1. The van der Waals surface area contributed by atoms with Gasteiger partial charge in [0.05, 0.1) is 11.1 Å². The Morgan fingerprint density at radius 2 is 1.92 bits per heavy atom. The van der Waals surface area contributed by atoms with Crippen LogP contribution in [0.15, 0.2) is 24.4 Å². The summed E-state index contributed by atoms with van der Waals surface area (Å²) in [7, 11) is 1.90. The predicted octanol–water partition coefficient (Wildman–Crippen LogP) is 3.32. The molecule has 2 saturated heterocycles. The highest BCUT2D eigenvalue weighted by molar-refractivity contribution is 5.79. The number of hydrogen-bond acceptors (Lipinski definition) is 4. The Bertz CT molecular complexity index is 838. The molecule has 0 spiro atoms. The van der Waals surface area contributed by atoms with Crippen molar-refractivity contribution >= 4 is 17.0 Å². The minimum Gasteiger partial charge on any atom is -0.444 e. The van der Waals surface area contributed by atoms with Crippen LogP contribution in [-0.4, -0.2) is 43.6 Å². The number of aryl methyl sites for hydroxylation is 1. The number of nitrogens with zero attached hydrogens (tertiary/aromatic N) is 3. The first-order valence-corrected chi connectivity index (χ1v) is 9.32. The van der Waals surface area contributed by atoms with Crippen molar-refractivity contribution in [2.24, 2.45) is 7.05 Å². The number of rotatable bonds is 1. The number of fused-ring (bicyclic) bond motifs is 3. The van der Waals surface area contributed by atoms with E-state index < -0.39 is 11.2 Å². The number of ether oxygens (including phenoxy) is 1. The molecule has 2 aliphatic heterocycles. The molecule has 1 N–H and O–H groups in total. The van der Waals surface area contributed by atoms with Gasteiger partial charge in [-0.2, -0.15) is 5.10 Å². The summed E-state index contributed by atoms with van der Waals surface area (Å²) in [6.45, 7) is 5.65. The van der Waals surface area contributed by atoms with Gasteiger partial charge in [0.1, 0.15) is 5.60 Å². The maximum absolute atomic E-state index is 12.6. The maximum atomic E-state index is 12.6. The molecule has 2 atom stereocenters. The fourth-order valence-corrected chi connectivity index (χ4v) is 4.50. The highest BCUT2D eigenvalue weighted by Gasteiger charge is 2.51. The fraction of sp³-hybridized carbons (Fsp3) is 0.600. The van der Waals surface area contributed by atoms with Gasteiger partial charge in [-0.25, -0.2) is 4.79 Å². The lowest BCUT2D eigenvalue weighted by Gasteiger charge is -2.44. The van der Waals surface area contributed by atoms with Crippen LogP contribution in [0.4, 0.5) is 4.79 Å². The van der Waals surface area contributed by atoms with E-state index in [1.165, 1.54) is 0 Å². The molecule has 2 aromatic rings. The number of carbonyl (C=O) groups is 1. The summed E-state index contributed by atoms with van der Waals surface area (Å²) >= 11 is 0. The number of aliphatic hydroxyl groups is 1. The second-order valence-corrected chi connectivity index (χ2v) is 8.79. The highest BCUT2D eigenvalue weighted by Crippen LogP contribution is 2.46. The molecule has 1 aromatic heterocycles. The molecule has 2 aliphatic rings. The van der Waals surface area contributed by atoms with E-state index in [2.05, 4.69) is 5.10 Å². The van der Waals surface area contributed by atoms with Gasteiger partial charge in [-0.3, -0.25) is 4.68 Å². The second-order valence-electron chi connectivity index (χ2n) is 8.79. The van der Waals surface area contributed by atoms with Crippen molar-refractivity contribution in [2.75, 3.05) is 0 Å². The van der Waals surface area contributed by atoms with Crippen molar-refractivity contribution in [3.63, 3.8) is 0 Å². The van der Waals surface area contributed by atoms with Gasteiger partial charge in [0.15, 0.2) is 0 Å². The molecule has 0 radical (unpaired) electrons. The van der Waals surface area contributed by atoms with Gasteiger partial charge in [0.25, 0.3) is 0 Å². The molecule has 3 heterocycles. The van der Waals surface area contributed by atoms with Crippen LogP contribution in [0, 0.1) is 0 Å². The maximum Gasteiger partial charge on any atom is 0.410 e. The summed E-state index contributed by atoms with van der Waals surface area (Å²) in [6.07, 6.45) is 4.63. The molecule has 6 nitrogen and oxygen atoms in total. The average molecular weight is 357 g/mol. The van der Waals surface area contributed by atoms with Gasteiger partial charge in [-0.15, -0.1) is 0 Å². The Balaban J connectivity index is 1.59. The number of aromatic nitrogens is 2. The molecule has 140 valence electrons. The topological polar surface area (TPSA) is 67.6 Å². The number of benzene rings is 1. The van der Waals surface area contributed by atoms with Crippen molar-refractivity contribution in [1.82, 2.24) is 14.7 Å². The summed E-state index contributed by atoms with van der Waals surface area (Å²) in [5, 5.41) is 16.9. The Morgan fingerprint density at radius 1 is 1.27 bits per heavy atom. The van der Waals surface area contributed by atoms with Crippen LogP contribution in [0.1, 0.15) is 52.0 Å². The zero-order valence-electron chi connectivity index (χ0n) is 15.9. The van der Waals surface area contributed by atoms with E-state index in [0.717, 1.165) is 29.3 Å². The van der Waals surface area contributed by atoms with Crippen molar-refractivity contribution in [1.29, 1.82) is 0 Å². The van der Waals surface area contributed by atoms with Gasteiger partial charge in [0.2, 0.25) is 0 Å². The molecule has 2 fully saturated rings. The van der Waals surface area contributed by atoms with E-state index in [4.69, 9.17) is 4.74 Å². The predicted molar refractivity (Wildman–Crippen MR) is 98.7 cm³/mol. The minimum atomic E-state index is -0.921. The van der Waals surface area contributed by atoms with Gasteiger partial charge >= 0.3 is 6.09 Å². The summed E-state index contributed by atoms with van der Waals surface area (Å²) < 4.78 is 7.37. The molecule has 0 saturated carbocycles. The molecule has 4 rings (SSSR count). The summed E-state index contributed by atoms with van der Waals surface area (Å²) in [5.74, 6) is 0. The third-order valence-corrected chi connectivity index (χ3v) is 5.53. The van der Waals surface area contributed by atoms with Gasteiger partial charge in [-0.1, -0.05) is 12.1 Å². The lowest BCUT2D eigenvalue weighted by Crippen LogP contribution is -2.53. The quantitative estimate of drug-likeness (QED) is 0.850. The molecule has 2 unspecified atom stereocenters. The van der Waals surface area contributed by atoms with Crippen LogP contribution >= 0.6 is 0 Å². The molecule has 1 amide bonds. The van der Waals surface area contributed by atoms with Crippen LogP contribution in [0.3, 0.4) is 0 Å². The lowest BCUT2D eigenvalue weighted by molar-refractivity contribution is -0.0623. The van der Waals surface area contributed by atoms with Crippen LogP contribution in [0.25, 0.3) is 10.9 Å². The highest BCUT2D eigenvalue weighted by atomic mass is 16.6. The smallest absolute Gasteiger partial charge is 0.410 e. The summed E-state index contributed by atoms with van der Waals surface area (Å²) in [6, 6.07) is 6.03. The molecule has 0 aliphatic carbocycles. The van der Waals surface area contributed by atoms with E-state index in [0.29, 0.717) is 12.8 Å². The molecular formula is C20H27N3O3. The Labute approximate surface area is 153 Å². The SMILES string of the molecule is Cn1cc2ccc(C3(O)CC4CCC(C3)N4C(=O)OC(C)(C)C)cc2n1. The summed E-state index contributed by atoms with van der Waals surface area (Å²) in [5.41, 5.74) is 0.356. The number of piperidine rings is 1. The normalized spacial score (nSPS) is 28.6. The number of amides is 1. The second kappa shape index (κ2) is 5.71. The molecule has 6 heteroatoms. The van der Waals surface area contributed by atoms with E-state index in [-0.39, 0.29) is 18.2 Å².